The summed E-state index contributed by atoms with van der Waals surface area (Å²) in [6, 6.07) is 57.9. The smallest absolute Gasteiger partial charge is 0.201 e. The second-order valence-corrected chi connectivity index (χ2v) is 14.1. The quantitative estimate of drug-likeness (QED) is 0.115. The monoisotopic (exact) mass is 1340 g/mol. The fraction of sp³-hybridized carbons (Fsp3) is 0.164. The molecule has 0 aliphatic carbocycles. The summed E-state index contributed by atoms with van der Waals surface area (Å²) in [6.45, 7) is 6.09. The Kier molecular flexibility index (Phi) is 32.8. The van der Waals surface area contributed by atoms with E-state index < -0.39 is 0 Å². The molecule has 4 N–H and O–H groups in total. The molecular formula is C55H59Ir2N12O4-3. The molecule has 0 unspecified atom stereocenters. The molecule has 0 atom stereocenters. The number of aromatic nitrogens is 12. The van der Waals surface area contributed by atoms with E-state index in [0.29, 0.717) is 23.3 Å². The third-order valence-electron chi connectivity index (χ3n) is 9.04. The summed E-state index contributed by atoms with van der Waals surface area (Å²) >= 11 is 0. The molecule has 384 valence electrons. The zero-order valence-electron chi connectivity index (χ0n) is 41.8. The molecule has 0 fully saturated rings. The van der Waals surface area contributed by atoms with Crippen LogP contribution in [0.1, 0.15) is 18.1 Å². The summed E-state index contributed by atoms with van der Waals surface area (Å²) < 4.78 is 4.01. The van der Waals surface area contributed by atoms with Crippen LogP contribution < -0.4 is 0 Å². The number of hydrogen-bond donors (Lipinski definition) is 4. The summed E-state index contributed by atoms with van der Waals surface area (Å²) in [4.78, 5) is 8.55. The number of hydrogen-bond acceptors (Lipinski definition) is 14. The van der Waals surface area contributed by atoms with E-state index in [4.69, 9.17) is 20.4 Å². The molecule has 0 amide bonds. The molecular weight excluding hydrogens is 1280 g/mol. The molecule has 16 nitrogen and oxygen atoms in total. The molecule has 4 aromatic heterocycles. The van der Waals surface area contributed by atoms with Crippen LogP contribution in [-0.2, 0) is 54.3 Å². The first-order valence-electron chi connectivity index (χ1n) is 22.0. The largest absolute Gasteiger partial charge is 0.400 e. The number of nitrogens with zero attached hydrogens (tertiary/aromatic N) is 12. The average molecular weight is 1340 g/mol. The van der Waals surface area contributed by atoms with Gasteiger partial charge >= 0.3 is 0 Å². The van der Waals surface area contributed by atoms with Gasteiger partial charge in [-0.1, -0.05) is 91.3 Å². The predicted octanol–water partition coefficient (Wildman–Crippen LogP) is 8.21. The Labute approximate surface area is 454 Å². The van der Waals surface area contributed by atoms with Crippen LogP contribution in [0.5, 0.6) is 0 Å². The molecule has 0 saturated carbocycles. The summed E-state index contributed by atoms with van der Waals surface area (Å²) in [7, 11) is 6.99. The first-order valence-corrected chi connectivity index (χ1v) is 22.0. The van der Waals surface area contributed by atoms with Crippen LogP contribution >= 0.6 is 0 Å². The van der Waals surface area contributed by atoms with Crippen molar-refractivity contribution in [3.63, 3.8) is 0 Å². The molecule has 0 spiro atoms. The van der Waals surface area contributed by atoms with E-state index in [2.05, 4.69) is 113 Å². The summed E-state index contributed by atoms with van der Waals surface area (Å²) in [6.07, 6.45) is 7.51. The Morgan fingerprint density at radius 3 is 1.15 bits per heavy atom. The zero-order valence-corrected chi connectivity index (χ0v) is 46.6. The normalized spacial score (nSPS) is 9.21. The van der Waals surface area contributed by atoms with Gasteiger partial charge in [0.05, 0.1) is 5.82 Å². The molecule has 0 aliphatic rings. The minimum atomic E-state index is 0. The second kappa shape index (κ2) is 37.5. The predicted molar refractivity (Wildman–Crippen MR) is 277 cm³/mol. The molecule has 6 aromatic carbocycles. The molecule has 18 heteroatoms. The van der Waals surface area contributed by atoms with Crippen molar-refractivity contribution in [3.05, 3.63) is 206 Å². The minimum Gasteiger partial charge on any atom is -0.400 e. The van der Waals surface area contributed by atoms with E-state index in [-0.39, 0.29) is 46.8 Å². The Balaban J connectivity index is 0.000000462. The summed E-state index contributed by atoms with van der Waals surface area (Å²) in [5.74, 6) is 3.99. The Hall–Kier alpha value is -7.24. The summed E-state index contributed by atoms with van der Waals surface area (Å²) in [5, 5.41) is 61.2. The van der Waals surface area contributed by atoms with Crippen molar-refractivity contribution in [2.75, 3.05) is 27.9 Å². The van der Waals surface area contributed by atoms with E-state index in [1.807, 2.05) is 163 Å². The van der Waals surface area contributed by atoms with Gasteiger partial charge in [-0.2, -0.15) is 20.4 Å². The fourth-order valence-electron chi connectivity index (χ4n) is 5.91. The first kappa shape index (κ1) is 63.8. The van der Waals surface area contributed by atoms with Gasteiger partial charge in [-0.15, -0.1) is 128 Å². The van der Waals surface area contributed by atoms with Crippen molar-refractivity contribution in [3.8, 4) is 68.3 Å². The van der Waals surface area contributed by atoms with Crippen LogP contribution in [0.2, 0.25) is 0 Å². The van der Waals surface area contributed by atoms with Gasteiger partial charge in [0.1, 0.15) is 17.5 Å². The van der Waals surface area contributed by atoms with E-state index in [1.54, 1.807) is 13.1 Å². The number of imidazole rings is 2. The fourth-order valence-corrected chi connectivity index (χ4v) is 5.91. The van der Waals surface area contributed by atoms with Crippen LogP contribution in [0.15, 0.2) is 176 Å². The van der Waals surface area contributed by atoms with Crippen molar-refractivity contribution in [2.24, 2.45) is 14.1 Å². The van der Waals surface area contributed by atoms with Gasteiger partial charge < -0.3 is 29.6 Å². The molecule has 73 heavy (non-hydrogen) atoms. The molecule has 0 aliphatic heterocycles. The topological polar surface area (TPSA) is 220 Å². The van der Waals surface area contributed by atoms with Gasteiger partial charge in [0.25, 0.3) is 0 Å². The van der Waals surface area contributed by atoms with E-state index in [0.717, 1.165) is 60.8 Å². The van der Waals surface area contributed by atoms with Gasteiger partial charge in [0.2, 0.25) is 11.6 Å². The third kappa shape index (κ3) is 21.6. The number of aliphatic hydroxyl groups excluding tert-OH is 4. The molecule has 0 saturated heterocycles. The second-order valence-electron chi connectivity index (χ2n) is 14.1. The van der Waals surface area contributed by atoms with Crippen molar-refractivity contribution >= 4 is 0 Å². The Morgan fingerprint density at radius 2 is 0.781 bits per heavy atom. The zero-order chi connectivity index (χ0) is 51.6. The SMILES string of the molecule is CCO.CO.CO.CO.Cc1cc[c-]c(-c2nccn2C)c1.Cc1cccc(-c2nccn2C)c1.[Ir].[Ir].[c-]1ccccc1-c1nnc(-c2ccccc2)nn1.[c-]1ccccc1-c1nnc(-c2ccccc2)nn1. The summed E-state index contributed by atoms with van der Waals surface area (Å²) in [5.41, 5.74) is 8.11. The van der Waals surface area contributed by atoms with Gasteiger partial charge in [-0.3, -0.25) is 4.98 Å². The van der Waals surface area contributed by atoms with Crippen LogP contribution in [0.25, 0.3) is 68.3 Å². The number of aryl methyl sites for hydroxylation is 4. The maximum absolute atomic E-state index is 7.57. The molecule has 2 radical (unpaired) electrons. The average Bonchev–Trinajstić information content (AvgIpc) is 4.09. The standard InChI is InChI=1S/2C14H9N4.C11H12N2.C11H11N2.C2H6O.3CH4O.2Ir/c2*1-3-7-11(8-4-1)13-15-17-14(18-16-13)12-9-5-2-6-10-12;2*1-9-4-3-5-10(8-9)11-12-6-7-13(11)2;1-2-3;3*1-2;;/h2*1-9H;3-8H,1-2H3;3-4,6-8H,1-2H3;3H,2H2,1H3;3*2H,1H3;;/q2*-1;;-1;;;;;;. The van der Waals surface area contributed by atoms with Crippen LogP contribution in [0, 0.1) is 32.0 Å². The van der Waals surface area contributed by atoms with Gasteiger partial charge in [-0.25, -0.2) is 4.98 Å². The number of aliphatic hydroxyl groups is 4. The van der Waals surface area contributed by atoms with Crippen LogP contribution in [-0.4, -0.2) is 108 Å². The molecule has 0 bridgehead atoms. The van der Waals surface area contributed by atoms with Crippen LogP contribution in [0.3, 0.4) is 0 Å². The Bertz CT molecular complexity index is 2600. The number of rotatable bonds is 6. The van der Waals surface area contributed by atoms with Crippen molar-refractivity contribution < 1.29 is 60.6 Å². The Morgan fingerprint density at radius 1 is 0.411 bits per heavy atom. The molecule has 10 aromatic rings. The van der Waals surface area contributed by atoms with E-state index in [1.165, 1.54) is 16.7 Å². The van der Waals surface area contributed by atoms with Crippen molar-refractivity contribution in [1.29, 1.82) is 0 Å². The van der Waals surface area contributed by atoms with Gasteiger partial charge in [-0.05, 0) is 19.9 Å². The first-order chi connectivity index (χ1) is 34.8. The maximum Gasteiger partial charge on any atom is 0.201 e. The van der Waals surface area contributed by atoms with E-state index >= 15 is 0 Å². The molecule has 4 heterocycles. The molecule has 10 rings (SSSR count). The maximum atomic E-state index is 7.57. The minimum absolute atomic E-state index is 0. The van der Waals surface area contributed by atoms with Crippen molar-refractivity contribution in [2.45, 2.75) is 20.8 Å². The van der Waals surface area contributed by atoms with Crippen LogP contribution in [0.4, 0.5) is 0 Å². The third-order valence-corrected chi connectivity index (χ3v) is 9.04. The number of benzene rings is 6. The van der Waals surface area contributed by atoms with Crippen molar-refractivity contribution in [1.82, 2.24) is 59.9 Å². The van der Waals surface area contributed by atoms with Gasteiger partial charge in [0.15, 0.2) is 0 Å². The van der Waals surface area contributed by atoms with E-state index in [9.17, 15) is 0 Å². The van der Waals surface area contributed by atoms with Gasteiger partial charge in [0, 0.05) is 124 Å².